The number of carbonyl (C=O) groups excluding carboxylic acids is 3. The molecule has 0 fully saturated rings. The van der Waals surface area contributed by atoms with Crippen molar-refractivity contribution in [2.24, 2.45) is 5.73 Å². The lowest BCUT2D eigenvalue weighted by Gasteiger charge is -1.56. The molecule has 0 aromatic carbocycles. The van der Waals surface area contributed by atoms with Crippen molar-refractivity contribution in [3.05, 3.63) is 0 Å². The summed E-state index contributed by atoms with van der Waals surface area (Å²) in [6.45, 7) is 0. The van der Waals surface area contributed by atoms with Crippen molar-refractivity contribution < 1.29 is 14.4 Å². The summed E-state index contributed by atoms with van der Waals surface area (Å²) in [5.41, 5.74) is 4.24. The second kappa shape index (κ2) is 25.8. The van der Waals surface area contributed by atoms with E-state index in [9.17, 15) is 0 Å². The van der Waals surface area contributed by atoms with E-state index < -0.39 is 5.37 Å². The number of primary amides is 1. The summed E-state index contributed by atoms with van der Waals surface area (Å²) in [5, 5.41) is 9.94. The lowest BCUT2D eigenvalue weighted by molar-refractivity contribution is 0.266. The molecule has 0 unspecified atom stereocenters. The monoisotopic (exact) mass is 165 g/mol. The summed E-state index contributed by atoms with van der Waals surface area (Å²) in [7, 11) is 0. The molecular weight excluding hydrogens is 162 g/mol. The van der Waals surface area contributed by atoms with Gasteiger partial charge in [0.25, 0.3) is 0 Å². The van der Waals surface area contributed by atoms with Crippen molar-refractivity contribution in [1.82, 2.24) is 0 Å². The minimum Gasteiger partial charge on any atom is -0.356 e. The summed E-state index contributed by atoms with van der Waals surface area (Å²) in [5.74, 6) is 0. The van der Waals surface area contributed by atoms with Gasteiger partial charge in [-0.1, -0.05) is 0 Å². The van der Waals surface area contributed by atoms with Crippen LogP contribution in [-0.2, 0) is 9.59 Å². The Hall–Kier alpha value is -1.48. The Morgan fingerprint density at radius 3 is 1.30 bits per heavy atom. The van der Waals surface area contributed by atoms with Gasteiger partial charge < -0.3 is 5.73 Å². The van der Waals surface area contributed by atoms with Crippen molar-refractivity contribution in [3.8, 4) is 0 Å². The maximum atomic E-state index is 8.99. The van der Waals surface area contributed by atoms with E-state index in [4.69, 9.17) is 25.2 Å². The minimum absolute atomic E-state index is 0.750. The summed E-state index contributed by atoms with van der Waals surface area (Å²) >= 11 is 4.41. The van der Waals surface area contributed by atoms with E-state index in [0.29, 0.717) is 0 Å². The van der Waals surface area contributed by atoms with Crippen LogP contribution in [0.4, 0.5) is 4.79 Å². The molecule has 0 atom stereocenters. The average Bonchev–Trinajstić information content (AvgIpc) is 1.65. The Morgan fingerprint density at radius 1 is 1.30 bits per heavy atom. The van der Waals surface area contributed by atoms with Gasteiger partial charge in [0, 0.05) is 0 Å². The molecular formula is C3H4ClN3O3. The van der Waals surface area contributed by atoms with Crippen LogP contribution < -0.4 is 5.73 Å². The number of isocyanates is 2. The fraction of sp³-hybridized carbons (Fsp3) is 0. The number of nitrogens with two attached hydrogens (primary N) is 1. The highest BCUT2D eigenvalue weighted by Gasteiger charge is 1.66. The standard InChI is InChI=1S/CH2ClNO.2CHNO/c2-1(3)4;2*2-1-3/h(H2,3,4);2*2H. The van der Waals surface area contributed by atoms with E-state index in [-0.39, 0.29) is 0 Å². The SMILES string of the molecule is N=C=O.N=C=O.NC(=O)Cl. The highest BCUT2D eigenvalue weighted by atomic mass is 35.5. The Bertz CT molecular complexity index is 129. The van der Waals surface area contributed by atoms with Gasteiger partial charge in [-0.3, -0.25) is 4.79 Å². The molecule has 0 aliphatic rings. The fourth-order valence-corrected chi connectivity index (χ4v) is 0. The van der Waals surface area contributed by atoms with Crippen LogP contribution >= 0.6 is 11.6 Å². The van der Waals surface area contributed by atoms with Crippen LogP contribution in [0, 0.1) is 10.8 Å². The number of rotatable bonds is 0. The van der Waals surface area contributed by atoms with E-state index in [1.165, 1.54) is 0 Å². The zero-order chi connectivity index (χ0) is 8.99. The predicted octanol–water partition coefficient (Wildman–Crippen LogP) is 0.106. The van der Waals surface area contributed by atoms with Gasteiger partial charge >= 0.3 is 5.37 Å². The van der Waals surface area contributed by atoms with Crippen LogP contribution in [0.25, 0.3) is 0 Å². The summed E-state index contributed by atoms with van der Waals surface area (Å²) < 4.78 is 0. The molecule has 56 valence electrons. The molecule has 0 saturated carbocycles. The molecule has 0 heterocycles. The molecule has 4 N–H and O–H groups in total. The summed E-state index contributed by atoms with van der Waals surface area (Å²) in [4.78, 5) is 25.7. The first-order valence-corrected chi connectivity index (χ1v) is 1.97. The van der Waals surface area contributed by atoms with E-state index in [1.54, 1.807) is 0 Å². The van der Waals surface area contributed by atoms with Gasteiger partial charge in [-0.15, -0.1) is 0 Å². The molecule has 7 heteroatoms. The van der Waals surface area contributed by atoms with E-state index in [2.05, 4.69) is 17.3 Å². The van der Waals surface area contributed by atoms with Crippen molar-refractivity contribution >= 4 is 29.1 Å². The summed E-state index contributed by atoms with van der Waals surface area (Å²) in [6, 6.07) is 0. The molecule has 0 bridgehead atoms. The first kappa shape index (κ1) is 15.8. The zero-order valence-electron chi connectivity index (χ0n) is 4.68. The normalized spacial score (nSPS) is 4.10. The Morgan fingerprint density at radius 2 is 1.30 bits per heavy atom. The smallest absolute Gasteiger partial charge is 0.311 e. The second-order valence-electron chi connectivity index (χ2n) is 0.508. The van der Waals surface area contributed by atoms with Crippen LogP contribution in [0.5, 0.6) is 0 Å². The van der Waals surface area contributed by atoms with Crippen LogP contribution in [0.2, 0.25) is 0 Å². The molecule has 0 saturated heterocycles. The largest absolute Gasteiger partial charge is 0.356 e. The maximum absolute atomic E-state index is 8.99. The third kappa shape index (κ3) is 90.7. The Balaban J connectivity index is -0.0000000750. The summed E-state index contributed by atoms with van der Waals surface area (Å²) in [6.07, 6.45) is 1.50. The molecule has 0 aliphatic heterocycles. The van der Waals surface area contributed by atoms with Crippen LogP contribution in [0.15, 0.2) is 0 Å². The average molecular weight is 166 g/mol. The molecule has 0 rings (SSSR count). The Kier molecular flexibility index (Phi) is 40.8. The number of amides is 1. The number of nitrogens with one attached hydrogen (secondary N) is 2. The maximum Gasteiger partial charge on any atom is 0.311 e. The molecule has 0 spiro atoms. The van der Waals surface area contributed by atoms with Gasteiger partial charge in [0.15, 0.2) is 0 Å². The number of hydrogen-bond donors (Lipinski definition) is 3. The molecule has 0 aromatic rings. The predicted molar refractivity (Wildman–Crippen MR) is 32.3 cm³/mol. The Labute approximate surface area is 61.0 Å². The van der Waals surface area contributed by atoms with Gasteiger partial charge in [0.2, 0.25) is 12.2 Å². The third-order valence-corrected chi connectivity index (χ3v) is 0. The lowest BCUT2D eigenvalue weighted by Crippen LogP contribution is -1.94. The molecule has 6 nitrogen and oxygen atoms in total. The molecule has 0 radical (unpaired) electrons. The minimum atomic E-state index is -0.861. The fourth-order valence-electron chi connectivity index (χ4n) is 0. The highest BCUT2D eigenvalue weighted by Crippen LogP contribution is 1.62. The lowest BCUT2D eigenvalue weighted by atomic mass is 11.5. The second-order valence-corrected chi connectivity index (χ2v) is 0.881. The van der Waals surface area contributed by atoms with E-state index >= 15 is 0 Å². The van der Waals surface area contributed by atoms with Gasteiger partial charge in [0.1, 0.15) is 0 Å². The van der Waals surface area contributed by atoms with Gasteiger partial charge in [-0.25, -0.2) is 20.4 Å². The molecule has 0 aromatic heterocycles. The van der Waals surface area contributed by atoms with E-state index in [1.807, 2.05) is 0 Å². The molecule has 10 heavy (non-hydrogen) atoms. The highest BCUT2D eigenvalue weighted by molar-refractivity contribution is 6.62. The van der Waals surface area contributed by atoms with Crippen LogP contribution in [0.3, 0.4) is 0 Å². The first-order chi connectivity index (χ1) is 4.56. The number of carbonyl (C=O) groups is 1. The van der Waals surface area contributed by atoms with Crippen molar-refractivity contribution in [3.63, 3.8) is 0 Å². The zero-order valence-corrected chi connectivity index (χ0v) is 5.44. The first-order valence-electron chi connectivity index (χ1n) is 1.59. The quantitative estimate of drug-likeness (QED) is 0.204. The number of halogens is 1. The van der Waals surface area contributed by atoms with Gasteiger partial charge in [-0.05, 0) is 11.6 Å². The third-order valence-electron chi connectivity index (χ3n) is 0. The van der Waals surface area contributed by atoms with E-state index in [0.717, 1.165) is 12.2 Å². The molecule has 1 amide bonds. The van der Waals surface area contributed by atoms with Crippen LogP contribution in [0.1, 0.15) is 0 Å². The molecule has 0 aliphatic carbocycles. The topological polar surface area (TPSA) is 125 Å². The van der Waals surface area contributed by atoms with Gasteiger partial charge in [0.05, 0.1) is 0 Å². The van der Waals surface area contributed by atoms with Crippen molar-refractivity contribution in [2.75, 3.05) is 0 Å². The number of hydrogen-bond acceptors (Lipinski definition) is 5. The van der Waals surface area contributed by atoms with Crippen LogP contribution in [-0.4, -0.2) is 17.5 Å². The van der Waals surface area contributed by atoms with Crippen molar-refractivity contribution in [2.45, 2.75) is 0 Å². The van der Waals surface area contributed by atoms with Gasteiger partial charge in [-0.2, -0.15) is 0 Å². The van der Waals surface area contributed by atoms with Crippen molar-refractivity contribution in [1.29, 1.82) is 10.8 Å².